The van der Waals surface area contributed by atoms with Crippen molar-refractivity contribution in [2.75, 3.05) is 6.54 Å². The van der Waals surface area contributed by atoms with E-state index >= 15 is 0 Å². The first-order chi connectivity index (χ1) is 8.72. The average Bonchev–Trinajstić information content (AvgIpc) is 2.86. The maximum absolute atomic E-state index is 5.95. The van der Waals surface area contributed by atoms with Gasteiger partial charge in [-0.3, -0.25) is 0 Å². The van der Waals surface area contributed by atoms with Crippen molar-refractivity contribution >= 4 is 0 Å². The predicted octanol–water partition coefficient (Wildman–Crippen LogP) is 2.39. The van der Waals surface area contributed by atoms with E-state index in [1.807, 2.05) is 12.5 Å². The van der Waals surface area contributed by atoms with Gasteiger partial charge in [0.05, 0.1) is 18.1 Å². The fourth-order valence-electron chi connectivity index (χ4n) is 2.84. The standard InChI is InChI=1S/C14H26N4/c1-11(2)18-10-16-9-14(18)13(8-15)17-12-6-4-3-5-7-12/h9-13,17H,3-8,15H2,1-2H3. The molecule has 1 aromatic heterocycles. The van der Waals surface area contributed by atoms with Crippen molar-refractivity contribution in [2.45, 2.75) is 64.1 Å². The molecule has 18 heavy (non-hydrogen) atoms. The highest BCUT2D eigenvalue weighted by Crippen LogP contribution is 2.22. The zero-order chi connectivity index (χ0) is 13.0. The molecule has 1 aliphatic carbocycles. The largest absolute Gasteiger partial charge is 0.331 e. The molecule has 0 amide bonds. The molecule has 0 spiro atoms. The number of hydrogen-bond donors (Lipinski definition) is 2. The highest BCUT2D eigenvalue weighted by Gasteiger charge is 2.21. The van der Waals surface area contributed by atoms with Crippen LogP contribution in [0.25, 0.3) is 0 Å². The smallest absolute Gasteiger partial charge is 0.0951 e. The van der Waals surface area contributed by atoms with E-state index in [-0.39, 0.29) is 6.04 Å². The molecule has 0 aromatic carbocycles. The summed E-state index contributed by atoms with van der Waals surface area (Å²) in [5.41, 5.74) is 7.17. The minimum atomic E-state index is 0.234. The fourth-order valence-corrected chi connectivity index (χ4v) is 2.84. The van der Waals surface area contributed by atoms with Crippen LogP contribution in [0.3, 0.4) is 0 Å². The first-order valence-electron chi connectivity index (χ1n) is 7.20. The zero-order valence-electron chi connectivity index (χ0n) is 11.6. The summed E-state index contributed by atoms with van der Waals surface area (Å²) in [5.74, 6) is 0. The second-order valence-electron chi connectivity index (χ2n) is 5.61. The SMILES string of the molecule is CC(C)n1cncc1C(CN)NC1CCCCC1. The second kappa shape index (κ2) is 6.34. The van der Waals surface area contributed by atoms with Crippen LogP contribution in [-0.4, -0.2) is 22.1 Å². The molecule has 0 bridgehead atoms. The van der Waals surface area contributed by atoms with Crippen molar-refractivity contribution in [3.63, 3.8) is 0 Å². The zero-order valence-corrected chi connectivity index (χ0v) is 11.6. The van der Waals surface area contributed by atoms with Crippen LogP contribution < -0.4 is 11.1 Å². The summed E-state index contributed by atoms with van der Waals surface area (Å²) in [6.07, 6.45) is 10.5. The number of rotatable bonds is 5. The van der Waals surface area contributed by atoms with Gasteiger partial charge in [0, 0.05) is 24.8 Å². The van der Waals surface area contributed by atoms with Crippen LogP contribution >= 0.6 is 0 Å². The fraction of sp³-hybridized carbons (Fsp3) is 0.786. The van der Waals surface area contributed by atoms with E-state index in [1.54, 1.807) is 0 Å². The molecular weight excluding hydrogens is 224 g/mol. The van der Waals surface area contributed by atoms with Crippen LogP contribution in [0.1, 0.15) is 63.7 Å². The van der Waals surface area contributed by atoms with E-state index < -0.39 is 0 Å². The van der Waals surface area contributed by atoms with Crippen LogP contribution in [0.2, 0.25) is 0 Å². The summed E-state index contributed by atoms with van der Waals surface area (Å²) in [4.78, 5) is 4.27. The summed E-state index contributed by atoms with van der Waals surface area (Å²) in [5, 5.41) is 3.72. The van der Waals surface area contributed by atoms with Gasteiger partial charge >= 0.3 is 0 Å². The van der Waals surface area contributed by atoms with E-state index in [0.717, 1.165) is 0 Å². The van der Waals surface area contributed by atoms with Crippen molar-refractivity contribution < 1.29 is 0 Å². The third kappa shape index (κ3) is 3.12. The van der Waals surface area contributed by atoms with E-state index in [9.17, 15) is 0 Å². The van der Waals surface area contributed by atoms with Gasteiger partial charge in [0.15, 0.2) is 0 Å². The van der Waals surface area contributed by atoms with Gasteiger partial charge in [-0.05, 0) is 26.7 Å². The monoisotopic (exact) mass is 250 g/mol. The number of nitrogens with one attached hydrogen (secondary N) is 1. The molecule has 1 unspecified atom stereocenters. The number of aromatic nitrogens is 2. The van der Waals surface area contributed by atoms with Crippen molar-refractivity contribution in [2.24, 2.45) is 5.73 Å². The van der Waals surface area contributed by atoms with Gasteiger partial charge in [-0.1, -0.05) is 19.3 Å². The number of hydrogen-bond acceptors (Lipinski definition) is 3. The third-order valence-corrected chi connectivity index (χ3v) is 3.89. The Morgan fingerprint density at radius 3 is 2.72 bits per heavy atom. The lowest BCUT2D eigenvalue weighted by atomic mass is 9.94. The molecule has 1 heterocycles. The number of imidazole rings is 1. The first kappa shape index (κ1) is 13.6. The Bertz CT molecular complexity index is 352. The summed E-state index contributed by atoms with van der Waals surface area (Å²) < 4.78 is 2.22. The van der Waals surface area contributed by atoms with Crippen molar-refractivity contribution in [1.82, 2.24) is 14.9 Å². The maximum atomic E-state index is 5.95. The molecule has 1 atom stereocenters. The number of nitrogens with two attached hydrogens (primary N) is 1. The molecule has 3 N–H and O–H groups in total. The van der Waals surface area contributed by atoms with Crippen molar-refractivity contribution in [3.8, 4) is 0 Å². The van der Waals surface area contributed by atoms with Gasteiger partial charge in [-0.15, -0.1) is 0 Å². The Balaban J connectivity index is 2.05. The quantitative estimate of drug-likeness (QED) is 0.843. The predicted molar refractivity (Wildman–Crippen MR) is 74.4 cm³/mol. The summed E-state index contributed by atoms with van der Waals surface area (Å²) in [7, 11) is 0. The Morgan fingerprint density at radius 1 is 1.39 bits per heavy atom. The van der Waals surface area contributed by atoms with Crippen LogP contribution in [0.15, 0.2) is 12.5 Å². The molecule has 1 fully saturated rings. The van der Waals surface area contributed by atoms with Gasteiger partial charge in [0.2, 0.25) is 0 Å². The molecule has 0 saturated heterocycles. The van der Waals surface area contributed by atoms with E-state index in [2.05, 4.69) is 28.7 Å². The van der Waals surface area contributed by atoms with E-state index in [4.69, 9.17) is 5.73 Å². The normalized spacial score (nSPS) is 19.3. The Hall–Kier alpha value is -0.870. The molecule has 102 valence electrons. The van der Waals surface area contributed by atoms with Crippen LogP contribution in [0.4, 0.5) is 0 Å². The molecule has 0 aliphatic heterocycles. The minimum Gasteiger partial charge on any atom is -0.331 e. The Labute approximate surface area is 110 Å². The van der Waals surface area contributed by atoms with Crippen LogP contribution in [0, 0.1) is 0 Å². The summed E-state index contributed by atoms with van der Waals surface area (Å²) >= 11 is 0. The van der Waals surface area contributed by atoms with Crippen molar-refractivity contribution in [1.29, 1.82) is 0 Å². The minimum absolute atomic E-state index is 0.234. The summed E-state index contributed by atoms with van der Waals surface area (Å²) in [6, 6.07) is 1.30. The molecule has 1 aliphatic rings. The maximum Gasteiger partial charge on any atom is 0.0951 e. The lowest BCUT2D eigenvalue weighted by Gasteiger charge is -2.29. The van der Waals surface area contributed by atoms with Crippen LogP contribution in [0.5, 0.6) is 0 Å². The second-order valence-corrected chi connectivity index (χ2v) is 5.61. The Morgan fingerprint density at radius 2 is 2.11 bits per heavy atom. The molecule has 2 rings (SSSR count). The van der Waals surface area contributed by atoms with Crippen LogP contribution in [-0.2, 0) is 0 Å². The van der Waals surface area contributed by atoms with Gasteiger partial charge in [0.1, 0.15) is 0 Å². The average molecular weight is 250 g/mol. The lowest BCUT2D eigenvalue weighted by molar-refractivity contribution is 0.332. The van der Waals surface area contributed by atoms with Gasteiger partial charge in [-0.2, -0.15) is 0 Å². The lowest BCUT2D eigenvalue weighted by Crippen LogP contribution is -2.38. The van der Waals surface area contributed by atoms with Crippen molar-refractivity contribution in [3.05, 3.63) is 18.2 Å². The molecule has 1 aromatic rings. The molecule has 1 saturated carbocycles. The molecular formula is C14H26N4. The highest BCUT2D eigenvalue weighted by atomic mass is 15.1. The van der Waals surface area contributed by atoms with Gasteiger partial charge in [0.25, 0.3) is 0 Å². The van der Waals surface area contributed by atoms with E-state index in [0.29, 0.717) is 18.6 Å². The van der Waals surface area contributed by atoms with E-state index in [1.165, 1.54) is 37.8 Å². The van der Waals surface area contributed by atoms with Gasteiger partial charge in [-0.25, -0.2) is 4.98 Å². The van der Waals surface area contributed by atoms with Gasteiger partial charge < -0.3 is 15.6 Å². The highest BCUT2D eigenvalue weighted by molar-refractivity contribution is 5.07. The topological polar surface area (TPSA) is 55.9 Å². The molecule has 0 radical (unpaired) electrons. The summed E-state index contributed by atoms with van der Waals surface area (Å²) in [6.45, 7) is 4.99. The molecule has 4 nitrogen and oxygen atoms in total. The Kier molecular flexibility index (Phi) is 4.78. The molecule has 4 heteroatoms. The third-order valence-electron chi connectivity index (χ3n) is 3.89. The first-order valence-corrected chi connectivity index (χ1v) is 7.20. The number of nitrogens with zero attached hydrogens (tertiary/aromatic N) is 2.